The second-order valence-electron chi connectivity index (χ2n) is 8.24. The minimum Gasteiger partial charge on any atom is -0.451 e. The Bertz CT molecular complexity index is 1210. The second kappa shape index (κ2) is 9.92. The van der Waals surface area contributed by atoms with Gasteiger partial charge in [0.15, 0.2) is 6.10 Å². The van der Waals surface area contributed by atoms with Crippen LogP contribution < -0.4 is 11.1 Å². The van der Waals surface area contributed by atoms with E-state index in [4.69, 9.17) is 10.5 Å². The number of hydrogen-bond acceptors (Lipinski definition) is 7. The SMILES string of the molecule is Cc1ccc(S(=O)(=O)N2CC(O)CC2C(=O)OC(C)C(=O)Nc2ccc(C(N)=O)cc2)cc1C. The lowest BCUT2D eigenvalue weighted by Gasteiger charge is -2.24. The molecule has 0 aromatic heterocycles. The van der Waals surface area contributed by atoms with Gasteiger partial charge in [-0.3, -0.25) is 14.4 Å². The summed E-state index contributed by atoms with van der Waals surface area (Å²) in [7, 11) is -4.09. The Hall–Kier alpha value is -3.28. The number of hydrogen-bond donors (Lipinski definition) is 3. The Morgan fingerprint density at radius 1 is 1.12 bits per heavy atom. The van der Waals surface area contributed by atoms with Crippen molar-refractivity contribution < 1.29 is 32.6 Å². The van der Waals surface area contributed by atoms with E-state index in [1.807, 2.05) is 6.92 Å². The topological polar surface area (TPSA) is 156 Å². The predicted molar refractivity (Wildman–Crippen MR) is 123 cm³/mol. The van der Waals surface area contributed by atoms with Gasteiger partial charge in [0.1, 0.15) is 6.04 Å². The van der Waals surface area contributed by atoms with E-state index in [1.165, 1.54) is 43.3 Å². The summed E-state index contributed by atoms with van der Waals surface area (Å²) in [5, 5.41) is 12.6. The van der Waals surface area contributed by atoms with Crippen molar-refractivity contribution in [1.29, 1.82) is 0 Å². The molecule has 1 saturated heterocycles. The summed E-state index contributed by atoms with van der Waals surface area (Å²) in [6.07, 6.45) is -2.44. The van der Waals surface area contributed by atoms with Gasteiger partial charge in [0.05, 0.1) is 11.0 Å². The van der Waals surface area contributed by atoms with Crippen LogP contribution in [0.5, 0.6) is 0 Å². The van der Waals surface area contributed by atoms with Crippen LogP contribution in [0.1, 0.15) is 34.8 Å². The Morgan fingerprint density at radius 3 is 2.35 bits per heavy atom. The third-order valence-electron chi connectivity index (χ3n) is 5.69. The molecule has 10 nitrogen and oxygen atoms in total. The average molecular weight is 490 g/mol. The quantitative estimate of drug-likeness (QED) is 0.492. The number of β-amino-alcohol motifs (C(OH)–C–C–N with tert-alkyl or cyclic N) is 1. The molecule has 3 rings (SSSR count). The van der Waals surface area contributed by atoms with Crippen LogP contribution in [0.15, 0.2) is 47.4 Å². The van der Waals surface area contributed by atoms with Crippen LogP contribution in [0, 0.1) is 13.8 Å². The fourth-order valence-electron chi connectivity index (χ4n) is 3.54. The predicted octanol–water partition coefficient (Wildman–Crippen LogP) is 1.10. The molecule has 0 aliphatic carbocycles. The lowest BCUT2D eigenvalue weighted by Crippen LogP contribution is -2.43. The number of sulfonamides is 1. The van der Waals surface area contributed by atoms with Gasteiger partial charge >= 0.3 is 5.97 Å². The van der Waals surface area contributed by atoms with E-state index in [9.17, 15) is 27.9 Å². The van der Waals surface area contributed by atoms with E-state index in [2.05, 4.69) is 5.32 Å². The number of nitrogens with one attached hydrogen (secondary N) is 1. The molecule has 0 saturated carbocycles. The van der Waals surface area contributed by atoms with Crippen molar-refractivity contribution in [3.05, 3.63) is 59.2 Å². The minimum atomic E-state index is -4.09. The number of anilines is 1. The first-order valence-electron chi connectivity index (χ1n) is 10.6. The fourth-order valence-corrected chi connectivity index (χ4v) is 5.25. The molecule has 0 spiro atoms. The maximum atomic E-state index is 13.2. The van der Waals surface area contributed by atoms with Crippen LogP contribution in [0.2, 0.25) is 0 Å². The molecule has 1 heterocycles. The van der Waals surface area contributed by atoms with Gasteiger partial charge in [-0.05, 0) is 68.3 Å². The molecule has 4 N–H and O–H groups in total. The molecule has 0 bridgehead atoms. The number of carbonyl (C=O) groups is 3. The van der Waals surface area contributed by atoms with Crippen LogP contribution >= 0.6 is 0 Å². The molecule has 1 aliphatic rings. The molecular weight excluding hydrogens is 462 g/mol. The number of primary amides is 1. The number of esters is 1. The first-order chi connectivity index (χ1) is 15.9. The molecule has 2 aromatic carbocycles. The van der Waals surface area contributed by atoms with Crippen molar-refractivity contribution in [3.8, 4) is 0 Å². The van der Waals surface area contributed by atoms with Crippen LogP contribution in [0.3, 0.4) is 0 Å². The number of nitrogens with two attached hydrogens (primary N) is 1. The molecule has 3 atom stereocenters. The summed E-state index contributed by atoms with van der Waals surface area (Å²) in [6, 6.07) is 9.17. The fraction of sp³-hybridized carbons (Fsp3) is 0.348. The Kier molecular flexibility index (Phi) is 7.39. The average Bonchev–Trinajstić information content (AvgIpc) is 3.18. The Morgan fingerprint density at radius 2 is 1.76 bits per heavy atom. The van der Waals surface area contributed by atoms with E-state index in [-0.39, 0.29) is 23.4 Å². The molecule has 1 aliphatic heterocycles. The molecule has 0 radical (unpaired) electrons. The maximum absolute atomic E-state index is 13.2. The van der Waals surface area contributed by atoms with E-state index < -0.39 is 46.1 Å². The van der Waals surface area contributed by atoms with Crippen molar-refractivity contribution in [1.82, 2.24) is 4.31 Å². The Balaban J connectivity index is 1.71. The number of rotatable bonds is 7. The lowest BCUT2D eigenvalue weighted by atomic mass is 10.1. The number of aryl methyl sites for hydroxylation is 2. The monoisotopic (exact) mass is 489 g/mol. The highest BCUT2D eigenvalue weighted by Crippen LogP contribution is 2.28. The summed E-state index contributed by atoms with van der Waals surface area (Å²) in [5.41, 5.74) is 7.49. The first-order valence-corrected chi connectivity index (χ1v) is 12.0. The molecule has 2 aromatic rings. The highest BCUT2D eigenvalue weighted by atomic mass is 32.2. The van der Waals surface area contributed by atoms with Gasteiger partial charge in [-0.15, -0.1) is 0 Å². The molecule has 34 heavy (non-hydrogen) atoms. The van der Waals surface area contributed by atoms with Gasteiger partial charge in [-0.1, -0.05) is 6.07 Å². The van der Waals surface area contributed by atoms with Gasteiger partial charge in [0.25, 0.3) is 5.91 Å². The zero-order valence-corrected chi connectivity index (χ0v) is 19.8. The third kappa shape index (κ3) is 5.44. The highest BCUT2D eigenvalue weighted by Gasteiger charge is 2.45. The van der Waals surface area contributed by atoms with Crippen molar-refractivity contribution in [3.63, 3.8) is 0 Å². The number of benzene rings is 2. The summed E-state index contributed by atoms with van der Waals surface area (Å²) in [6.45, 7) is 4.71. The zero-order chi connectivity index (χ0) is 25.2. The number of nitrogens with zero attached hydrogens (tertiary/aromatic N) is 1. The molecule has 1 fully saturated rings. The molecule has 11 heteroatoms. The van der Waals surface area contributed by atoms with E-state index >= 15 is 0 Å². The van der Waals surface area contributed by atoms with Gasteiger partial charge in [0, 0.05) is 24.2 Å². The molecular formula is C23H27N3O7S. The van der Waals surface area contributed by atoms with Crippen LogP contribution in [-0.4, -0.2) is 60.4 Å². The van der Waals surface area contributed by atoms with Crippen LogP contribution in [0.25, 0.3) is 0 Å². The standard InChI is InChI=1S/C23H27N3O7S/c1-13-4-9-19(10-14(13)2)34(31,32)26-12-18(27)11-20(26)23(30)33-15(3)22(29)25-17-7-5-16(6-8-17)21(24)28/h4-10,15,18,20,27H,11-12H2,1-3H3,(H2,24,28)(H,25,29). The summed E-state index contributed by atoms with van der Waals surface area (Å²) >= 11 is 0. The van der Waals surface area contributed by atoms with Gasteiger partial charge in [-0.2, -0.15) is 4.31 Å². The summed E-state index contributed by atoms with van der Waals surface area (Å²) in [4.78, 5) is 36.4. The second-order valence-corrected chi connectivity index (χ2v) is 10.1. The van der Waals surface area contributed by atoms with Crippen LogP contribution in [0.4, 0.5) is 5.69 Å². The number of aliphatic hydroxyl groups is 1. The third-order valence-corrected chi connectivity index (χ3v) is 7.56. The van der Waals surface area contributed by atoms with E-state index in [1.54, 1.807) is 13.0 Å². The Labute approximate surface area is 197 Å². The molecule has 2 amide bonds. The van der Waals surface area contributed by atoms with Crippen molar-refractivity contribution in [2.75, 3.05) is 11.9 Å². The van der Waals surface area contributed by atoms with Crippen molar-refractivity contribution >= 4 is 33.5 Å². The highest BCUT2D eigenvalue weighted by molar-refractivity contribution is 7.89. The first kappa shape index (κ1) is 25.3. The molecule has 3 unspecified atom stereocenters. The van der Waals surface area contributed by atoms with Gasteiger partial charge in [0.2, 0.25) is 15.9 Å². The summed E-state index contributed by atoms with van der Waals surface area (Å²) in [5.74, 6) is -2.20. The normalized spacial score (nSPS) is 19.4. The smallest absolute Gasteiger partial charge is 0.325 e. The van der Waals surface area contributed by atoms with E-state index in [0.29, 0.717) is 5.69 Å². The number of amides is 2. The lowest BCUT2D eigenvalue weighted by molar-refractivity contribution is -0.156. The zero-order valence-electron chi connectivity index (χ0n) is 19.0. The van der Waals surface area contributed by atoms with Crippen LogP contribution in [-0.2, 0) is 24.3 Å². The number of aliphatic hydroxyl groups excluding tert-OH is 1. The van der Waals surface area contributed by atoms with E-state index in [0.717, 1.165) is 15.4 Å². The summed E-state index contributed by atoms with van der Waals surface area (Å²) < 4.78 is 32.5. The number of ether oxygens (including phenoxy) is 1. The maximum Gasteiger partial charge on any atom is 0.325 e. The largest absolute Gasteiger partial charge is 0.451 e. The van der Waals surface area contributed by atoms with Crippen molar-refractivity contribution in [2.24, 2.45) is 5.73 Å². The van der Waals surface area contributed by atoms with Gasteiger partial charge < -0.3 is 20.9 Å². The van der Waals surface area contributed by atoms with Gasteiger partial charge in [-0.25, -0.2) is 8.42 Å². The molecule has 182 valence electrons. The minimum absolute atomic E-state index is 0.00713. The van der Waals surface area contributed by atoms with Crippen molar-refractivity contribution in [2.45, 2.75) is 50.3 Å². The number of carbonyl (C=O) groups excluding carboxylic acids is 3.